The summed E-state index contributed by atoms with van der Waals surface area (Å²) in [6, 6.07) is 0. The fraction of sp³-hybridized carbons (Fsp3) is 0.655. The van der Waals surface area contributed by atoms with Gasteiger partial charge < -0.3 is 54.7 Å². The summed E-state index contributed by atoms with van der Waals surface area (Å²) in [4.78, 5) is 75.6. The van der Waals surface area contributed by atoms with Crippen molar-refractivity contribution in [1.82, 2.24) is 19.6 Å². The monoisotopic (exact) mass is 1060 g/mol. The fourth-order valence-corrected chi connectivity index (χ4v) is 12.0. The number of ether oxygens (including phenoxy) is 3. The van der Waals surface area contributed by atoms with Gasteiger partial charge in [-0.2, -0.15) is 0 Å². The Hall–Kier alpha value is -5.40. The number of nitrogens with one attached hydrogen (secondary N) is 1. The van der Waals surface area contributed by atoms with E-state index in [1.165, 1.54) is 26.0 Å². The quantitative estimate of drug-likeness (QED) is 0.129. The number of anilines is 1. The van der Waals surface area contributed by atoms with Crippen LogP contribution in [-0.4, -0.2) is 167 Å². The summed E-state index contributed by atoms with van der Waals surface area (Å²) in [6.07, 6.45) is 10.7. The number of phenolic OH excluding ortho intramolecular Hbond substituents is 2. The van der Waals surface area contributed by atoms with E-state index in [0.29, 0.717) is 56.2 Å². The zero-order valence-electron chi connectivity index (χ0n) is 46.9. The number of rotatable bonds is 7. The second-order valence-corrected chi connectivity index (χ2v) is 23.1. The SMILES string of the molecule is C/C1=C/C=C/C(C)C[C@@H](C)C(O)[C@@H](C)C(OC(=O)CC(=O)N2CCN(CC3CCN(C)CC3)CC2)[C@H](C)C/C=C/OC2(C)Oc3c(C)c(O)c4c(O)c(c5c(c4c3C2=O)=NC2(CCN(CC(C)C)CC2)N=5)NC1=O.CO. The van der Waals surface area contributed by atoms with Crippen LogP contribution >= 0.6 is 0 Å². The van der Waals surface area contributed by atoms with Crippen LogP contribution in [0.2, 0.25) is 0 Å². The predicted molar refractivity (Wildman–Crippen MR) is 290 cm³/mol. The normalized spacial score (nSPS) is 29.6. The van der Waals surface area contributed by atoms with Gasteiger partial charge in [-0.1, -0.05) is 59.8 Å². The number of benzene rings is 2. The third kappa shape index (κ3) is 12.6. The van der Waals surface area contributed by atoms with E-state index >= 15 is 0 Å². The van der Waals surface area contributed by atoms with Crippen LogP contribution in [0.1, 0.15) is 116 Å². The highest BCUT2D eigenvalue weighted by Gasteiger charge is 2.50. The molecule has 18 heteroatoms. The number of aliphatic hydroxyl groups is 2. The number of piperazine rings is 1. The molecule has 0 radical (unpaired) electrons. The Morgan fingerprint density at radius 1 is 0.895 bits per heavy atom. The lowest BCUT2D eigenvalue weighted by Crippen LogP contribution is -2.51. The molecule has 1 spiro atoms. The number of fused-ring (bicyclic) bond motifs is 13. The van der Waals surface area contributed by atoms with Crippen LogP contribution in [0.15, 0.2) is 46.1 Å². The molecule has 2 aromatic rings. The van der Waals surface area contributed by atoms with Crippen LogP contribution in [0, 0.1) is 42.4 Å². The first-order chi connectivity index (χ1) is 36.1. The molecule has 0 aliphatic carbocycles. The van der Waals surface area contributed by atoms with E-state index in [1.54, 1.807) is 37.0 Å². The molecule has 9 rings (SSSR count). The molecule has 7 aliphatic rings. The number of amides is 2. The number of aliphatic hydroxyl groups excluding tert-OH is 2. The molecule has 7 aliphatic heterocycles. The molecule has 0 aromatic heterocycles. The Kier molecular flexibility index (Phi) is 18.8. The maximum Gasteiger partial charge on any atom is 0.315 e. The standard InChI is InChI=1S/C57H81N7O10.CH4O/c1-33(2)31-62-22-18-57(19-23-62)59-46-43-44-50(68)39(8)53-45(43)54(70)56(9,74-53)72-28-12-15-35(4)52(73-42(66)30-41(65)64-26-24-63(25-27-64)32-40-16-20-61(10)21-17-40)38(7)49(67)37(6)29-34(3)13-11-14-36(5)55(71)58-48(51(44)69)47(46)60-57;1-2/h11-14,28,33-35,37-38,40,49,52,67-69H,15-27,29-32H2,1-10H3,(H,58,71);2H,1H3/b13-11+,28-12+,36-14-;/t34?,35-,37-,38-,49?,52?,56?;/m1./s1. The van der Waals surface area contributed by atoms with Crippen LogP contribution in [-0.2, 0) is 23.9 Å². The van der Waals surface area contributed by atoms with E-state index < -0.39 is 59.4 Å². The number of carbonyl (C=O) groups excluding carboxylic acids is 4. The van der Waals surface area contributed by atoms with Crippen molar-refractivity contribution < 1.29 is 53.8 Å². The molecule has 18 nitrogen and oxygen atoms in total. The molecule has 0 saturated carbocycles. The van der Waals surface area contributed by atoms with Crippen LogP contribution in [0.4, 0.5) is 5.69 Å². The van der Waals surface area contributed by atoms with Crippen molar-refractivity contribution in [3.05, 3.63) is 58.0 Å². The first-order valence-corrected chi connectivity index (χ1v) is 27.6. The van der Waals surface area contributed by atoms with Gasteiger partial charge in [-0.25, -0.2) is 0 Å². The van der Waals surface area contributed by atoms with Crippen molar-refractivity contribution in [3.63, 3.8) is 0 Å². The number of hydrogen-bond acceptors (Lipinski definition) is 16. The Morgan fingerprint density at radius 2 is 1.55 bits per heavy atom. The molecule has 5 bridgehead atoms. The summed E-state index contributed by atoms with van der Waals surface area (Å²) in [5, 5.41) is 46.5. The van der Waals surface area contributed by atoms with Crippen molar-refractivity contribution in [3.8, 4) is 17.2 Å². The highest BCUT2D eigenvalue weighted by molar-refractivity contribution is 6.19. The van der Waals surface area contributed by atoms with Gasteiger partial charge in [0, 0.05) is 102 Å². The van der Waals surface area contributed by atoms with Gasteiger partial charge in [0.2, 0.25) is 5.91 Å². The molecule has 5 N–H and O–H groups in total. The van der Waals surface area contributed by atoms with E-state index in [9.17, 15) is 34.5 Å². The van der Waals surface area contributed by atoms with E-state index in [4.69, 9.17) is 29.3 Å². The summed E-state index contributed by atoms with van der Waals surface area (Å²) in [5.41, 5.74) is -0.384. The van der Waals surface area contributed by atoms with Crippen molar-refractivity contribution >= 4 is 40.0 Å². The number of ketones is 1. The summed E-state index contributed by atoms with van der Waals surface area (Å²) in [7, 11) is 3.16. The number of aromatic hydroxyl groups is 2. The van der Waals surface area contributed by atoms with Crippen molar-refractivity contribution in [2.75, 3.05) is 84.9 Å². The zero-order chi connectivity index (χ0) is 55.4. The van der Waals surface area contributed by atoms with E-state index in [1.807, 2.05) is 33.8 Å². The Labute approximate surface area is 448 Å². The topological polar surface area (TPSA) is 227 Å². The van der Waals surface area contributed by atoms with Crippen molar-refractivity contribution in [2.45, 2.75) is 131 Å². The van der Waals surface area contributed by atoms with Crippen LogP contribution in [0.5, 0.6) is 17.2 Å². The van der Waals surface area contributed by atoms with Gasteiger partial charge in [0.05, 0.1) is 28.7 Å². The molecule has 4 unspecified atom stereocenters. The summed E-state index contributed by atoms with van der Waals surface area (Å²) in [5.74, 6) is -4.73. The number of piperidine rings is 2. The fourth-order valence-electron chi connectivity index (χ4n) is 12.0. The van der Waals surface area contributed by atoms with Crippen LogP contribution in [0.3, 0.4) is 0 Å². The second kappa shape index (κ2) is 24.5. The number of esters is 1. The molecule has 418 valence electrons. The first kappa shape index (κ1) is 58.3. The third-order valence-corrected chi connectivity index (χ3v) is 16.6. The highest BCUT2D eigenvalue weighted by atomic mass is 16.7. The molecule has 3 fully saturated rings. The Morgan fingerprint density at radius 3 is 2.21 bits per heavy atom. The maximum atomic E-state index is 14.9. The Bertz CT molecular complexity index is 2700. The van der Waals surface area contributed by atoms with Gasteiger partial charge in [-0.3, -0.25) is 34.1 Å². The van der Waals surface area contributed by atoms with Crippen molar-refractivity contribution in [2.24, 2.45) is 45.5 Å². The molecule has 2 amide bonds. The smallest absolute Gasteiger partial charge is 0.315 e. The molecule has 2 aromatic carbocycles. The highest BCUT2D eigenvalue weighted by Crippen LogP contribution is 2.50. The maximum absolute atomic E-state index is 14.9. The van der Waals surface area contributed by atoms with Gasteiger partial charge in [-0.15, -0.1) is 0 Å². The number of hydrogen-bond donors (Lipinski definition) is 5. The Balaban J connectivity index is 0.00000415. The summed E-state index contributed by atoms with van der Waals surface area (Å²) in [6.45, 7) is 25.0. The van der Waals surface area contributed by atoms with Gasteiger partial charge in [0.15, 0.2) is 11.4 Å². The average Bonchev–Trinajstić information content (AvgIpc) is 4.00. The number of Topliss-reactive ketones (excluding diaryl/α,β-unsaturated/α-hetero) is 1. The predicted octanol–water partition coefficient (Wildman–Crippen LogP) is 5.62. The molecule has 7 heterocycles. The van der Waals surface area contributed by atoms with Gasteiger partial charge >= 0.3 is 11.8 Å². The molecular weight excluding hydrogens is 971 g/mol. The largest absolute Gasteiger partial charge is 0.507 e. The van der Waals surface area contributed by atoms with Crippen LogP contribution in [0.25, 0.3) is 10.8 Å². The zero-order valence-corrected chi connectivity index (χ0v) is 46.9. The number of nitrogens with zero attached hydrogens (tertiary/aromatic N) is 6. The molecular formula is C58H85N7O11. The minimum Gasteiger partial charge on any atom is -0.507 e. The lowest BCUT2D eigenvalue weighted by Gasteiger charge is -2.38. The first-order valence-electron chi connectivity index (χ1n) is 27.6. The van der Waals surface area contributed by atoms with E-state index in [0.717, 1.165) is 59.5 Å². The van der Waals surface area contributed by atoms with E-state index in [2.05, 4.69) is 40.9 Å². The lowest BCUT2D eigenvalue weighted by molar-refractivity contribution is -0.161. The van der Waals surface area contributed by atoms with Gasteiger partial charge in [0.1, 0.15) is 35.1 Å². The van der Waals surface area contributed by atoms with Gasteiger partial charge in [0.25, 0.3) is 11.7 Å². The average molecular weight is 1060 g/mol. The molecule has 7 atom stereocenters. The number of likely N-dealkylation sites (tertiary alicyclic amines) is 2. The molecule has 3 saturated heterocycles. The minimum absolute atomic E-state index is 0.0149. The lowest BCUT2D eigenvalue weighted by atomic mass is 9.80. The van der Waals surface area contributed by atoms with E-state index in [-0.39, 0.29) is 73.5 Å². The summed E-state index contributed by atoms with van der Waals surface area (Å²) < 4.78 is 18.8. The number of phenols is 2. The summed E-state index contributed by atoms with van der Waals surface area (Å²) >= 11 is 0. The minimum atomic E-state index is -1.91. The van der Waals surface area contributed by atoms with Crippen molar-refractivity contribution in [1.29, 1.82) is 0 Å². The molecule has 76 heavy (non-hydrogen) atoms. The second-order valence-electron chi connectivity index (χ2n) is 23.1. The van der Waals surface area contributed by atoms with Gasteiger partial charge in [-0.05, 0) is 95.3 Å². The third-order valence-electron chi connectivity index (χ3n) is 16.6. The van der Waals surface area contributed by atoms with Crippen LogP contribution < -0.4 is 20.8 Å². The number of carbonyl (C=O) groups is 4. The number of allylic oxidation sites excluding steroid dienone is 4.